The Kier molecular flexibility index (Phi) is 5.63. The van der Waals surface area contributed by atoms with Crippen molar-refractivity contribution in [3.8, 4) is 0 Å². The molecule has 1 aliphatic heterocycles. The van der Waals surface area contributed by atoms with Crippen molar-refractivity contribution in [2.24, 2.45) is 5.92 Å². The van der Waals surface area contributed by atoms with Crippen molar-refractivity contribution < 1.29 is 9.59 Å². The minimum atomic E-state index is -0.320. The molecule has 104 valence electrons. The lowest BCUT2D eigenvalue weighted by molar-refractivity contribution is -0.135. The van der Waals surface area contributed by atoms with E-state index in [0.717, 1.165) is 19.3 Å². The Morgan fingerprint density at radius 1 is 1.33 bits per heavy atom. The summed E-state index contributed by atoms with van der Waals surface area (Å²) in [4.78, 5) is 25.9. The van der Waals surface area contributed by atoms with Gasteiger partial charge in [-0.15, -0.1) is 0 Å². The summed E-state index contributed by atoms with van der Waals surface area (Å²) in [5.41, 5.74) is 0. The van der Waals surface area contributed by atoms with Crippen molar-refractivity contribution in [3.63, 3.8) is 0 Å². The SMILES string of the molecule is CCCC1NC(=O)CCN(C(C)CC(C)C)C1=O. The van der Waals surface area contributed by atoms with Crippen LogP contribution in [0.4, 0.5) is 0 Å². The van der Waals surface area contributed by atoms with E-state index in [0.29, 0.717) is 18.9 Å². The molecule has 1 aliphatic rings. The van der Waals surface area contributed by atoms with Crippen LogP contribution in [0.25, 0.3) is 0 Å². The molecule has 1 rings (SSSR count). The predicted molar refractivity (Wildman–Crippen MR) is 72.1 cm³/mol. The van der Waals surface area contributed by atoms with Crippen LogP contribution in [0, 0.1) is 5.92 Å². The van der Waals surface area contributed by atoms with Crippen molar-refractivity contribution in [1.82, 2.24) is 10.2 Å². The van der Waals surface area contributed by atoms with Gasteiger partial charge in [0.2, 0.25) is 11.8 Å². The first-order valence-corrected chi connectivity index (χ1v) is 7.05. The van der Waals surface area contributed by atoms with Gasteiger partial charge in [-0.25, -0.2) is 0 Å². The van der Waals surface area contributed by atoms with Gasteiger partial charge in [0.1, 0.15) is 6.04 Å². The van der Waals surface area contributed by atoms with Gasteiger partial charge in [0.25, 0.3) is 0 Å². The highest BCUT2D eigenvalue weighted by Crippen LogP contribution is 2.16. The molecule has 2 amide bonds. The minimum Gasteiger partial charge on any atom is -0.344 e. The molecule has 0 saturated carbocycles. The fourth-order valence-corrected chi connectivity index (χ4v) is 2.59. The Bertz CT molecular complexity index is 302. The zero-order valence-corrected chi connectivity index (χ0v) is 12.0. The molecule has 18 heavy (non-hydrogen) atoms. The third kappa shape index (κ3) is 4.00. The Hall–Kier alpha value is -1.06. The number of nitrogens with zero attached hydrogens (tertiary/aromatic N) is 1. The van der Waals surface area contributed by atoms with E-state index in [1.807, 2.05) is 11.8 Å². The molecule has 0 aromatic heterocycles. The molecule has 0 aromatic carbocycles. The predicted octanol–water partition coefficient (Wildman–Crippen LogP) is 1.94. The highest BCUT2D eigenvalue weighted by atomic mass is 16.2. The lowest BCUT2D eigenvalue weighted by Crippen LogP contribution is -2.47. The zero-order valence-electron chi connectivity index (χ0n) is 12.0. The summed E-state index contributed by atoms with van der Waals surface area (Å²) in [6.07, 6.45) is 3.05. The average Bonchev–Trinajstić information content (AvgIpc) is 2.39. The quantitative estimate of drug-likeness (QED) is 0.815. The van der Waals surface area contributed by atoms with Gasteiger partial charge < -0.3 is 10.2 Å². The first-order valence-electron chi connectivity index (χ1n) is 7.05. The van der Waals surface area contributed by atoms with Crippen LogP contribution >= 0.6 is 0 Å². The highest BCUT2D eigenvalue weighted by molar-refractivity contribution is 5.90. The Morgan fingerprint density at radius 2 is 2.00 bits per heavy atom. The monoisotopic (exact) mass is 254 g/mol. The Labute approximate surface area is 110 Å². The van der Waals surface area contributed by atoms with Crippen LogP contribution < -0.4 is 5.32 Å². The summed E-state index contributed by atoms with van der Waals surface area (Å²) < 4.78 is 0. The number of carbonyl (C=O) groups is 2. The van der Waals surface area contributed by atoms with Gasteiger partial charge >= 0.3 is 0 Å². The number of amides is 2. The number of hydrogen-bond donors (Lipinski definition) is 1. The second kappa shape index (κ2) is 6.76. The van der Waals surface area contributed by atoms with E-state index in [1.165, 1.54) is 0 Å². The van der Waals surface area contributed by atoms with E-state index < -0.39 is 0 Å². The maximum absolute atomic E-state index is 12.4. The van der Waals surface area contributed by atoms with Crippen molar-refractivity contribution in [2.75, 3.05) is 6.54 Å². The molecule has 0 radical (unpaired) electrons. The van der Waals surface area contributed by atoms with E-state index in [2.05, 4.69) is 26.1 Å². The molecule has 4 nitrogen and oxygen atoms in total. The third-order valence-corrected chi connectivity index (χ3v) is 3.42. The van der Waals surface area contributed by atoms with Crippen LogP contribution in [0.15, 0.2) is 0 Å². The Morgan fingerprint density at radius 3 is 2.56 bits per heavy atom. The Balaban J connectivity index is 2.76. The van der Waals surface area contributed by atoms with E-state index in [-0.39, 0.29) is 23.9 Å². The van der Waals surface area contributed by atoms with Crippen LogP contribution in [-0.4, -0.2) is 35.3 Å². The molecule has 1 N–H and O–H groups in total. The van der Waals surface area contributed by atoms with Gasteiger partial charge in [0, 0.05) is 19.0 Å². The summed E-state index contributed by atoms with van der Waals surface area (Å²) in [6.45, 7) is 8.99. The van der Waals surface area contributed by atoms with Gasteiger partial charge in [0.15, 0.2) is 0 Å². The second-order valence-corrected chi connectivity index (χ2v) is 5.67. The van der Waals surface area contributed by atoms with E-state index in [9.17, 15) is 9.59 Å². The van der Waals surface area contributed by atoms with Crippen LogP contribution in [0.2, 0.25) is 0 Å². The molecule has 0 bridgehead atoms. The van der Waals surface area contributed by atoms with Gasteiger partial charge in [-0.2, -0.15) is 0 Å². The molecular weight excluding hydrogens is 228 g/mol. The fraction of sp³-hybridized carbons (Fsp3) is 0.857. The van der Waals surface area contributed by atoms with Crippen molar-refractivity contribution in [2.45, 2.75) is 65.5 Å². The van der Waals surface area contributed by atoms with Crippen LogP contribution in [0.1, 0.15) is 53.4 Å². The highest BCUT2D eigenvalue weighted by Gasteiger charge is 2.31. The van der Waals surface area contributed by atoms with Gasteiger partial charge in [-0.05, 0) is 25.7 Å². The standard InChI is InChI=1S/C14H26N2O2/c1-5-6-12-14(18)16(8-7-13(17)15-12)11(4)9-10(2)3/h10-12H,5-9H2,1-4H3,(H,15,17). The smallest absolute Gasteiger partial charge is 0.245 e. The van der Waals surface area contributed by atoms with Gasteiger partial charge in [0.05, 0.1) is 0 Å². The number of nitrogens with one attached hydrogen (secondary N) is 1. The van der Waals surface area contributed by atoms with Crippen molar-refractivity contribution >= 4 is 11.8 Å². The summed E-state index contributed by atoms with van der Waals surface area (Å²) >= 11 is 0. The molecular formula is C14H26N2O2. The van der Waals surface area contributed by atoms with Gasteiger partial charge in [-0.1, -0.05) is 27.2 Å². The average molecular weight is 254 g/mol. The normalized spacial score (nSPS) is 22.9. The molecule has 0 spiro atoms. The van der Waals surface area contributed by atoms with Crippen LogP contribution in [0.3, 0.4) is 0 Å². The molecule has 4 heteroatoms. The molecule has 1 fully saturated rings. The van der Waals surface area contributed by atoms with Gasteiger partial charge in [-0.3, -0.25) is 9.59 Å². The maximum atomic E-state index is 12.4. The van der Waals surface area contributed by atoms with E-state index in [1.54, 1.807) is 0 Å². The summed E-state index contributed by atoms with van der Waals surface area (Å²) in [5.74, 6) is 0.654. The first kappa shape index (κ1) is 15.0. The van der Waals surface area contributed by atoms with Crippen molar-refractivity contribution in [3.05, 3.63) is 0 Å². The second-order valence-electron chi connectivity index (χ2n) is 5.67. The molecule has 0 aromatic rings. The molecule has 1 saturated heterocycles. The topological polar surface area (TPSA) is 49.4 Å². The molecule has 0 aliphatic carbocycles. The third-order valence-electron chi connectivity index (χ3n) is 3.42. The first-order chi connectivity index (χ1) is 8.45. The zero-order chi connectivity index (χ0) is 13.7. The van der Waals surface area contributed by atoms with E-state index in [4.69, 9.17) is 0 Å². The number of hydrogen-bond acceptors (Lipinski definition) is 2. The molecule has 2 unspecified atom stereocenters. The van der Waals surface area contributed by atoms with Crippen LogP contribution in [0.5, 0.6) is 0 Å². The summed E-state index contributed by atoms with van der Waals surface area (Å²) in [7, 11) is 0. The van der Waals surface area contributed by atoms with Crippen molar-refractivity contribution in [1.29, 1.82) is 0 Å². The van der Waals surface area contributed by atoms with Crippen LogP contribution in [-0.2, 0) is 9.59 Å². The summed E-state index contributed by atoms with van der Waals surface area (Å²) in [5, 5.41) is 2.84. The minimum absolute atomic E-state index is 0.000969. The van der Waals surface area contributed by atoms with E-state index >= 15 is 0 Å². The number of carbonyl (C=O) groups excluding carboxylic acids is 2. The largest absolute Gasteiger partial charge is 0.344 e. The lowest BCUT2D eigenvalue weighted by Gasteiger charge is -2.31. The summed E-state index contributed by atoms with van der Waals surface area (Å²) in [6, 6.07) is -0.107. The molecule has 2 atom stereocenters. The number of rotatable bonds is 5. The molecule has 1 heterocycles. The maximum Gasteiger partial charge on any atom is 0.245 e. The lowest BCUT2D eigenvalue weighted by atomic mass is 10.0. The fourth-order valence-electron chi connectivity index (χ4n) is 2.59.